The first-order chi connectivity index (χ1) is 10.3. The minimum Gasteiger partial charge on any atom is -0.358 e. The number of rotatable bonds is 4. The molecule has 2 heterocycles. The predicted octanol–water partition coefficient (Wildman–Crippen LogP) is 2.55. The second-order valence-corrected chi connectivity index (χ2v) is 6.35. The Labute approximate surface area is 132 Å². The lowest BCUT2D eigenvalue weighted by Gasteiger charge is -2.14. The second kappa shape index (κ2) is 6.36. The molecule has 0 unspecified atom stereocenters. The molecule has 0 amide bonds. The maximum Gasteiger partial charge on any atom is 0.185 e. The van der Waals surface area contributed by atoms with E-state index in [0.717, 1.165) is 28.9 Å². The number of anilines is 1. The number of aryl methyl sites for hydroxylation is 2. The van der Waals surface area contributed by atoms with Crippen molar-refractivity contribution >= 4 is 44.7 Å². The first-order valence-corrected chi connectivity index (χ1v) is 8.18. The molecule has 0 radical (unpaired) electrons. The summed E-state index contributed by atoms with van der Waals surface area (Å²) in [5.74, 6) is 0.794. The third-order valence-corrected chi connectivity index (χ3v) is 4.90. The van der Waals surface area contributed by atoms with Crippen LogP contribution >= 0.6 is 23.6 Å². The molecular formula is C14H17N5S2. The van der Waals surface area contributed by atoms with Gasteiger partial charge < -0.3 is 5.32 Å². The van der Waals surface area contributed by atoms with Crippen molar-refractivity contribution in [3.8, 4) is 0 Å². The molecule has 0 saturated heterocycles. The van der Waals surface area contributed by atoms with Gasteiger partial charge in [-0.15, -0.1) is 17.9 Å². The van der Waals surface area contributed by atoms with Crippen LogP contribution in [0.1, 0.15) is 23.3 Å². The summed E-state index contributed by atoms with van der Waals surface area (Å²) in [7, 11) is 0. The summed E-state index contributed by atoms with van der Waals surface area (Å²) in [5, 5.41) is 4.66. The molecule has 1 aliphatic carbocycles. The molecule has 3 N–H and O–H groups in total. The van der Waals surface area contributed by atoms with Crippen LogP contribution in [0, 0.1) is 0 Å². The fourth-order valence-corrected chi connectivity index (χ4v) is 3.87. The smallest absolute Gasteiger partial charge is 0.185 e. The van der Waals surface area contributed by atoms with Gasteiger partial charge in [-0.25, -0.2) is 9.97 Å². The summed E-state index contributed by atoms with van der Waals surface area (Å²) in [6, 6.07) is 0. The van der Waals surface area contributed by atoms with E-state index < -0.39 is 0 Å². The molecule has 0 fully saturated rings. The Balaban J connectivity index is 1.83. The highest BCUT2D eigenvalue weighted by atomic mass is 32.1. The summed E-state index contributed by atoms with van der Waals surface area (Å²) in [5.41, 5.74) is 7.46. The van der Waals surface area contributed by atoms with Crippen LogP contribution < -0.4 is 16.2 Å². The number of nitrogens with zero attached hydrogens (tertiary/aromatic N) is 2. The third-order valence-electron chi connectivity index (χ3n) is 3.45. The maximum absolute atomic E-state index is 5.17. The van der Waals surface area contributed by atoms with Crippen LogP contribution in [0.5, 0.6) is 0 Å². The van der Waals surface area contributed by atoms with Gasteiger partial charge in [-0.3, -0.25) is 10.9 Å². The first-order valence-electron chi connectivity index (χ1n) is 6.95. The van der Waals surface area contributed by atoms with Crippen molar-refractivity contribution < 1.29 is 0 Å². The van der Waals surface area contributed by atoms with Gasteiger partial charge in [0.1, 0.15) is 11.2 Å². The Hall–Kier alpha value is -1.73. The van der Waals surface area contributed by atoms with E-state index in [4.69, 9.17) is 12.2 Å². The van der Waals surface area contributed by atoms with Crippen LogP contribution in [-0.2, 0) is 12.8 Å². The largest absolute Gasteiger partial charge is 0.358 e. The molecule has 7 heteroatoms. The number of thiophene rings is 1. The number of hydrazine groups is 1. The van der Waals surface area contributed by atoms with E-state index in [9.17, 15) is 0 Å². The van der Waals surface area contributed by atoms with E-state index in [2.05, 4.69) is 32.7 Å². The summed E-state index contributed by atoms with van der Waals surface area (Å²) < 4.78 is 0. The Morgan fingerprint density at radius 3 is 3.10 bits per heavy atom. The van der Waals surface area contributed by atoms with Gasteiger partial charge in [-0.2, -0.15) is 0 Å². The zero-order valence-electron chi connectivity index (χ0n) is 11.6. The van der Waals surface area contributed by atoms with Gasteiger partial charge in [0.15, 0.2) is 10.9 Å². The molecule has 0 saturated carbocycles. The lowest BCUT2D eigenvalue weighted by molar-refractivity contribution is 0.700. The van der Waals surface area contributed by atoms with E-state index >= 15 is 0 Å². The van der Waals surface area contributed by atoms with E-state index in [1.54, 1.807) is 23.7 Å². The molecule has 3 rings (SSSR count). The Kier molecular flexibility index (Phi) is 4.31. The highest BCUT2D eigenvalue weighted by Gasteiger charge is 2.19. The van der Waals surface area contributed by atoms with Crippen molar-refractivity contribution in [2.75, 3.05) is 12.0 Å². The van der Waals surface area contributed by atoms with Crippen LogP contribution in [0.3, 0.4) is 0 Å². The maximum atomic E-state index is 5.17. The van der Waals surface area contributed by atoms with E-state index in [0.29, 0.717) is 11.7 Å². The molecule has 0 aliphatic heterocycles. The number of nitrogens with one attached hydrogen (secondary N) is 3. The number of thiocarbonyl (C=S) groups is 1. The fraction of sp³-hybridized carbons (Fsp3) is 0.357. The lowest BCUT2D eigenvalue weighted by Crippen LogP contribution is -2.39. The van der Waals surface area contributed by atoms with Gasteiger partial charge in [0, 0.05) is 11.4 Å². The van der Waals surface area contributed by atoms with Gasteiger partial charge >= 0.3 is 0 Å². The highest BCUT2D eigenvalue weighted by Crippen LogP contribution is 2.37. The van der Waals surface area contributed by atoms with E-state index in [-0.39, 0.29) is 0 Å². The molecule has 2 aromatic rings. The lowest BCUT2D eigenvalue weighted by atomic mass is 9.97. The summed E-state index contributed by atoms with van der Waals surface area (Å²) >= 11 is 6.95. The van der Waals surface area contributed by atoms with Gasteiger partial charge in [0.05, 0.1) is 5.39 Å². The van der Waals surface area contributed by atoms with Crippen LogP contribution in [0.15, 0.2) is 19.0 Å². The topological polar surface area (TPSA) is 61.9 Å². The average Bonchev–Trinajstić information content (AvgIpc) is 2.90. The van der Waals surface area contributed by atoms with Crippen molar-refractivity contribution in [3.63, 3.8) is 0 Å². The van der Waals surface area contributed by atoms with Crippen LogP contribution in [0.25, 0.3) is 10.2 Å². The normalized spacial score (nSPS) is 13.5. The van der Waals surface area contributed by atoms with Crippen LogP contribution in [0.4, 0.5) is 5.82 Å². The van der Waals surface area contributed by atoms with E-state index in [1.165, 1.54) is 23.3 Å². The SMILES string of the molecule is C=CCNC(=S)NNc1ncnc2sc3c(c12)CCCC3. The molecule has 0 aromatic carbocycles. The number of aromatic nitrogens is 2. The zero-order chi connectivity index (χ0) is 14.7. The predicted molar refractivity (Wildman–Crippen MR) is 91.6 cm³/mol. The molecule has 21 heavy (non-hydrogen) atoms. The van der Waals surface area contributed by atoms with Crippen molar-refractivity contribution in [3.05, 3.63) is 29.4 Å². The molecule has 110 valence electrons. The minimum atomic E-state index is 0.519. The number of hydrogen-bond donors (Lipinski definition) is 3. The third kappa shape index (κ3) is 2.98. The molecular weight excluding hydrogens is 302 g/mol. The monoisotopic (exact) mass is 319 g/mol. The Bertz CT molecular complexity index is 679. The number of fused-ring (bicyclic) bond motifs is 3. The van der Waals surface area contributed by atoms with Gasteiger partial charge in [-0.05, 0) is 43.5 Å². The number of hydrogen-bond acceptors (Lipinski definition) is 5. The Morgan fingerprint density at radius 1 is 1.38 bits per heavy atom. The molecule has 0 bridgehead atoms. The molecule has 0 spiro atoms. The van der Waals surface area contributed by atoms with Crippen molar-refractivity contribution in [2.45, 2.75) is 25.7 Å². The molecule has 0 atom stereocenters. The fourth-order valence-electron chi connectivity index (χ4n) is 2.51. The molecule has 2 aromatic heterocycles. The first kappa shape index (κ1) is 14.2. The summed E-state index contributed by atoms with van der Waals surface area (Å²) in [4.78, 5) is 11.3. The molecule has 5 nitrogen and oxygen atoms in total. The summed E-state index contributed by atoms with van der Waals surface area (Å²) in [6.45, 7) is 4.27. The van der Waals surface area contributed by atoms with Crippen molar-refractivity contribution in [1.29, 1.82) is 0 Å². The van der Waals surface area contributed by atoms with Gasteiger partial charge in [0.2, 0.25) is 0 Å². The zero-order valence-corrected chi connectivity index (χ0v) is 13.2. The minimum absolute atomic E-state index is 0.519. The standard InChI is InChI=1S/C14H17N5S2/c1-2-7-15-14(20)19-18-12-11-9-5-3-4-6-10(9)21-13(11)17-8-16-12/h2,8H,1,3-7H2,(H2,15,19,20)(H,16,17,18). The van der Waals surface area contributed by atoms with Crippen molar-refractivity contribution in [2.24, 2.45) is 0 Å². The van der Waals surface area contributed by atoms with Crippen LogP contribution in [0.2, 0.25) is 0 Å². The van der Waals surface area contributed by atoms with Gasteiger partial charge in [-0.1, -0.05) is 6.08 Å². The molecule has 1 aliphatic rings. The summed E-state index contributed by atoms with van der Waals surface area (Å²) in [6.07, 6.45) is 8.11. The van der Waals surface area contributed by atoms with Crippen LogP contribution in [-0.4, -0.2) is 21.6 Å². The van der Waals surface area contributed by atoms with E-state index in [1.807, 2.05) is 0 Å². The average molecular weight is 319 g/mol. The quantitative estimate of drug-likeness (QED) is 0.457. The Morgan fingerprint density at radius 2 is 2.24 bits per heavy atom. The van der Waals surface area contributed by atoms with Gasteiger partial charge in [0.25, 0.3) is 0 Å². The second-order valence-electron chi connectivity index (χ2n) is 4.86. The van der Waals surface area contributed by atoms with Crippen molar-refractivity contribution in [1.82, 2.24) is 20.7 Å². The highest BCUT2D eigenvalue weighted by molar-refractivity contribution is 7.80.